The summed E-state index contributed by atoms with van der Waals surface area (Å²) >= 11 is 0. The number of anilines is 1. The van der Waals surface area contributed by atoms with Crippen LogP contribution in [0.2, 0.25) is 0 Å². The maximum atomic E-state index is 12.8. The average molecular weight is 551 g/mol. The fraction of sp³-hybridized carbons (Fsp3) is 0.455. The van der Waals surface area contributed by atoms with E-state index in [1.807, 2.05) is 42.1 Å². The summed E-state index contributed by atoms with van der Waals surface area (Å²) in [6.45, 7) is 5.46. The van der Waals surface area contributed by atoms with Gasteiger partial charge in [-0.3, -0.25) is 14.3 Å². The fourth-order valence-electron chi connectivity index (χ4n) is 4.05. The largest absolute Gasteiger partial charge is 0.356 e. The van der Waals surface area contributed by atoms with Crippen molar-refractivity contribution in [2.45, 2.75) is 19.9 Å². The van der Waals surface area contributed by atoms with Crippen LogP contribution in [0.1, 0.15) is 18.1 Å². The maximum absolute atomic E-state index is 12.8. The second-order valence-corrected chi connectivity index (χ2v) is 7.84. The Hall–Kier alpha value is -2.63. The Labute approximate surface area is 205 Å². The van der Waals surface area contributed by atoms with E-state index in [2.05, 4.69) is 27.5 Å². The highest BCUT2D eigenvalue weighted by atomic mass is 127. The molecule has 1 fully saturated rings. The smallest absolute Gasteiger partial charge is 0.246 e. The molecule has 0 aliphatic carbocycles. The summed E-state index contributed by atoms with van der Waals surface area (Å²) in [5.74, 6) is 0.599. The molecule has 2 aromatic rings. The molecule has 2 aliphatic heterocycles. The Morgan fingerprint density at radius 1 is 1.12 bits per heavy atom. The van der Waals surface area contributed by atoms with Gasteiger partial charge in [-0.1, -0.05) is 24.3 Å². The number of carbonyl (C=O) groups excluding carboxylic acids is 2. The van der Waals surface area contributed by atoms with E-state index >= 15 is 0 Å². The summed E-state index contributed by atoms with van der Waals surface area (Å²) in [7, 11) is 1.83. The van der Waals surface area contributed by atoms with Gasteiger partial charge in [0.2, 0.25) is 11.8 Å². The Bertz CT molecular complexity index is 990. The standard InChI is InChI=1S/C22H29N7O2.HI/c1-3-23-22(28-10-11-29(21(31)16-28)19-12-25-26(2)15-19)24-13-20(30)27-9-8-17-6-4-5-7-18(17)14-27;/h4-7,12,15H,3,8-11,13-14,16H2,1-2H3,(H,23,24);1H. The van der Waals surface area contributed by atoms with Gasteiger partial charge in [0, 0.05) is 46.0 Å². The monoisotopic (exact) mass is 551 g/mol. The van der Waals surface area contributed by atoms with Crippen LogP contribution in [-0.2, 0) is 29.6 Å². The average Bonchev–Trinajstić information content (AvgIpc) is 3.21. The highest BCUT2D eigenvalue weighted by Crippen LogP contribution is 2.19. The highest BCUT2D eigenvalue weighted by molar-refractivity contribution is 14.0. The lowest BCUT2D eigenvalue weighted by molar-refractivity contribution is -0.130. The van der Waals surface area contributed by atoms with Crippen LogP contribution in [-0.4, -0.2) is 76.6 Å². The molecule has 2 aliphatic rings. The van der Waals surface area contributed by atoms with Crippen LogP contribution in [0.4, 0.5) is 5.69 Å². The third-order valence-corrected chi connectivity index (χ3v) is 5.71. The molecule has 0 spiro atoms. The number of amides is 2. The van der Waals surface area contributed by atoms with Gasteiger partial charge < -0.3 is 20.0 Å². The van der Waals surface area contributed by atoms with Gasteiger partial charge in [0.25, 0.3) is 0 Å². The molecule has 172 valence electrons. The zero-order valence-corrected chi connectivity index (χ0v) is 20.9. The summed E-state index contributed by atoms with van der Waals surface area (Å²) < 4.78 is 1.69. The summed E-state index contributed by atoms with van der Waals surface area (Å²) in [5.41, 5.74) is 3.32. The van der Waals surface area contributed by atoms with Crippen molar-refractivity contribution in [1.29, 1.82) is 0 Å². The van der Waals surface area contributed by atoms with Crippen LogP contribution in [0.15, 0.2) is 41.7 Å². The molecule has 10 heteroatoms. The van der Waals surface area contributed by atoms with Crippen molar-refractivity contribution in [3.8, 4) is 0 Å². The maximum Gasteiger partial charge on any atom is 0.246 e. The molecular formula is C22H30IN7O2. The number of hydrogen-bond donors (Lipinski definition) is 1. The minimum atomic E-state index is -0.0104. The van der Waals surface area contributed by atoms with Gasteiger partial charge in [-0.15, -0.1) is 24.0 Å². The number of piperazine rings is 1. The number of guanidine groups is 1. The number of hydrogen-bond acceptors (Lipinski definition) is 4. The Kier molecular flexibility index (Phi) is 8.10. The number of aryl methyl sites for hydroxylation is 1. The number of nitrogens with zero attached hydrogens (tertiary/aromatic N) is 6. The number of rotatable bonds is 4. The zero-order valence-electron chi connectivity index (χ0n) is 18.5. The zero-order chi connectivity index (χ0) is 21.8. The molecule has 0 bridgehead atoms. The molecule has 1 N–H and O–H groups in total. The summed E-state index contributed by atoms with van der Waals surface area (Å²) in [6.07, 6.45) is 4.40. The molecule has 32 heavy (non-hydrogen) atoms. The molecule has 1 aromatic carbocycles. The second-order valence-electron chi connectivity index (χ2n) is 7.84. The molecule has 0 atom stereocenters. The van der Waals surface area contributed by atoms with Crippen LogP contribution >= 0.6 is 24.0 Å². The van der Waals surface area contributed by atoms with Crippen LogP contribution in [0.3, 0.4) is 0 Å². The highest BCUT2D eigenvalue weighted by Gasteiger charge is 2.28. The van der Waals surface area contributed by atoms with Gasteiger partial charge in [0.1, 0.15) is 13.1 Å². The van der Waals surface area contributed by atoms with E-state index in [0.29, 0.717) is 38.7 Å². The molecule has 0 unspecified atom stereocenters. The second kappa shape index (κ2) is 10.8. The van der Waals surface area contributed by atoms with Crippen molar-refractivity contribution in [3.05, 3.63) is 47.8 Å². The predicted octanol–water partition coefficient (Wildman–Crippen LogP) is 1.24. The first-order valence-corrected chi connectivity index (χ1v) is 10.7. The third kappa shape index (κ3) is 5.40. The van der Waals surface area contributed by atoms with E-state index in [0.717, 1.165) is 12.1 Å². The Morgan fingerprint density at radius 2 is 1.91 bits per heavy atom. The third-order valence-electron chi connectivity index (χ3n) is 5.71. The Balaban J connectivity index is 0.00000289. The van der Waals surface area contributed by atoms with Crippen molar-refractivity contribution in [3.63, 3.8) is 0 Å². The minimum Gasteiger partial charge on any atom is -0.356 e. The minimum absolute atomic E-state index is 0. The summed E-state index contributed by atoms with van der Waals surface area (Å²) in [6, 6.07) is 8.26. The first-order valence-electron chi connectivity index (χ1n) is 10.7. The number of carbonyl (C=O) groups is 2. The predicted molar refractivity (Wildman–Crippen MR) is 134 cm³/mol. The fourth-order valence-corrected chi connectivity index (χ4v) is 4.05. The molecule has 0 radical (unpaired) electrons. The summed E-state index contributed by atoms with van der Waals surface area (Å²) in [4.78, 5) is 35.6. The molecule has 1 aromatic heterocycles. The lowest BCUT2D eigenvalue weighted by atomic mass is 10.00. The van der Waals surface area contributed by atoms with Crippen molar-refractivity contribution in [1.82, 2.24) is 24.9 Å². The topological polar surface area (TPSA) is 86.1 Å². The van der Waals surface area contributed by atoms with E-state index in [-0.39, 0.29) is 48.9 Å². The quantitative estimate of drug-likeness (QED) is 0.351. The van der Waals surface area contributed by atoms with Crippen molar-refractivity contribution in [2.75, 3.05) is 44.2 Å². The van der Waals surface area contributed by atoms with E-state index in [9.17, 15) is 9.59 Å². The van der Waals surface area contributed by atoms with E-state index in [1.54, 1.807) is 15.8 Å². The van der Waals surface area contributed by atoms with Crippen LogP contribution < -0.4 is 10.2 Å². The lowest BCUT2D eigenvalue weighted by Crippen LogP contribution is -2.55. The number of benzene rings is 1. The number of halogens is 1. The molecule has 9 nitrogen and oxygen atoms in total. The number of nitrogens with one attached hydrogen (secondary N) is 1. The SMILES string of the molecule is CCNC(=NCC(=O)N1CCc2ccccc2C1)N1CCN(c2cnn(C)c2)C(=O)C1.I. The molecule has 4 rings (SSSR count). The number of aromatic nitrogens is 2. The van der Waals surface area contributed by atoms with Gasteiger partial charge in [-0.2, -0.15) is 5.10 Å². The van der Waals surface area contributed by atoms with Gasteiger partial charge in [0.05, 0.1) is 11.9 Å². The molecule has 2 amide bonds. The van der Waals surface area contributed by atoms with Gasteiger partial charge >= 0.3 is 0 Å². The van der Waals surface area contributed by atoms with Gasteiger partial charge in [-0.25, -0.2) is 4.99 Å². The first-order chi connectivity index (χ1) is 15.0. The van der Waals surface area contributed by atoms with Crippen LogP contribution in [0.5, 0.6) is 0 Å². The van der Waals surface area contributed by atoms with E-state index < -0.39 is 0 Å². The molecule has 1 saturated heterocycles. The lowest BCUT2D eigenvalue weighted by Gasteiger charge is -2.35. The first kappa shape index (κ1) is 24.0. The van der Waals surface area contributed by atoms with Gasteiger partial charge in [0.15, 0.2) is 5.96 Å². The number of fused-ring (bicyclic) bond motifs is 1. The van der Waals surface area contributed by atoms with Gasteiger partial charge in [-0.05, 0) is 24.5 Å². The van der Waals surface area contributed by atoms with E-state index in [4.69, 9.17) is 0 Å². The van der Waals surface area contributed by atoms with Crippen LogP contribution in [0, 0.1) is 0 Å². The normalized spacial score (nSPS) is 16.5. The van der Waals surface area contributed by atoms with E-state index in [1.165, 1.54) is 11.1 Å². The molecule has 3 heterocycles. The summed E-state index contributed by atoms with van der Waals surface area (Å²) in [5, 5.41) is 7.37. The van der Waals surface area contributed by atoms with Crippen molar-refractivity contribution >= 4 is 47.4 Å². The Morgan fingerprint density at radius 3 is 2.59 bits per heavy atom. The molecular weight excluding hydrogens is 521 g/mol. The van der Waals surface area contributed by atoms with Crippen LogP contribution in [0.25, 0.3) is 0 Å². The van der Waals surface area contributed by atoms with Crippen molar-refractivity contribution < 1.29 is 9.59 Å². The van der Waals surface area contributed by atoms with Crippen molar-refractivity contribution in [2.24, 2.45) is 12.0 Å². The number of aliphatic imine (C=N–C) groups is 1. The molecule has 0 saturated carbocycles.